The summed E-state index contributed by atoms with van der Waals surface area (Å²) in [6.07, 6.45) is 12.4. The maximum absolute atomic E-state index is 15.1. The molecule has 6 rings (SSSR count). The molecular weight excluding hydrogens is 718 g/mol. The van der Waals surface area contributed by atoms with Gasteiger partial charge in [-0.1, -0.05) is 53.4 Å². The smallest absolute Gasteiger partial charge is 0.289 e. The quantitative estimate of drug-likeness (QED) is 0.200. The zero-order valence-electron chi connectivity index (χ0n) is 33.5. The molecule has 1 aromatic rings. The van der Waals surface area contributed by atoms with E-state index in [9.17, 15) is 28.8 Å². The van der Waals surface area contributed by atoms with Gasteiger partial charge in [-0.05, 0) is 63.2 Å². The monoisotopic (exact) mass is 777 g/mol. The van der Waals surface area contributed by atoms with Gasteiger partial charge in [-0.25, -0.2) is 4.98 Å². The number of aromatic nitrogens is 2. The first-order chi connectivity index (χ1) is 26.7. The topological polar surface area (TPSA) is 203 Å². The van der Waals surface area contributed by atoms with Crippen LogP contribution < -0.4 is 21.3 Å². The molecule has 2 aliphatic carbocycles. The van der Waals surface area contributed by atoms with Gasteiger partial charge in [-0.3, -0.25) is 43.4 Å². The molecule has 16 heteroatoms. The number of carbonyl (C=O) groups is 7. The summed E-state index contributed by atoms with van der Waals surface area (Å²) in [4.78, 5) is 111. The van der Waals surface area contributed by atoms with Crippen molar-refractivity contribution in [1.82, 2.24) is 45.9 Å². The number of amides is 6. The first-order valence-electron chi connectivity index (χ1n) is 20.6. The van der Waals surface area contributed by atoms with Crippen molar-refractivity contribution in [1.29, 1.82) is 0 Å². The molecule has 6 atom stereocenters. The van der Waals surface area contributed by atoms with Gasteiger partial charge >= 0.3 is 0 Å². The van der Waals surface area contributed by atoms with Crippen LogP contribution in [-0.4, -0.2) is 127 Å². The zero-order chi connectivity index (χ0) is 40.4. The Bertz CT molecular complexity index is 1670. The molecular formula is C40H59N9O7. The Morgan fingerprint density at radius 2 is 1.66 bits per heavy atom. The minimum Gasteiger partial charge on any atom is -0.347 e. The van der Waals surface area contributed by atoms with E-state index >= 15 is 4.79 Å². The molecule has 16 nitrogen and oxygen atoms in total. The van der Waals surface area contributed by atoms with Crippen LogP contribution >= 0.6 is 0 Å². The third kappa shape index (κ3) is 8.44. The van der Waals surface area contributed by atoms with Crippen LogP contribution in [0.4, 0.5) is 0 Å². The Kier molecular flexibility index (Phi) is 12.5. The van der Waals surface area contributed by atoms with Gasteiger partial charge in [-0.15, -0.1) is 0 Å². The highest BCUT2D eigenvalue weighted by atomic mass is 16.2. The molecule has 4 heterocycles. The van der Waals surface area contributed by atoms with E-state index in [1.165, 1.54) is 23.5 Å². The fourth-order valence-electron chi connectivity index (χ4n) is 9.26. The number of carbonyl (C=O) groups excluding carboxylic acids is 7. The van der Waals surface area contributed by atoms with Crippen LogP contribution in [0.25, 0.3) is 0 Å². The molecule has 1 spiro atoms. The second kappa shape index (κ2) is 16.9. The van der Waals surface area contributed by atoms with Crippen molar-refractivity contribution in [3.05, 3.63) is 24.3 Å². The van der Waals surface area contributed by atoms with Gasteiger partial charge in [0.25, 0.3) is 11.8 Å². The molecule has 1 aromatic heterocycles. The predicted molar refractivity (Wildman–Crippen MR) is 204 cm³/mol. The maximum atomic E-state index is 15.1. The van der Waals surface area contributed by atoms with Gasteiger partial charge in [0.1, 0.15) is 29.5 Å². The number of nitrogens with one attached hydrogen (secondary N) is 4. The van der Waals surface area contributed by atoms with Crippen molar-refractivity contribution in [2.75, 3.05) is 19.6 Å². The SMILES string of the molecule is CCCC(NC(=O)[C@@H]1CC2(CN1C(=O)C(NC(=O)[C@@H](NC(=O)c1cnccn1)C1CCCCC1)C(C)(C)C)N(CC)C(=O)[C@@H]1CCCN12)C(=O)C(=O)NC1CC1. The number of fused-ring (bicyclic) bond motifs is 2. The summed E-state index contributed by atoms with van der Waals surface area (Å²) in [7, 11) is 0. The number of hydrogen-bond donors (Lipinski definition) is 4. The summed E-state index contributed by atoms with van der Waals surface area (Å²) < 4.78 is 0. The minimum absolute atomic E-state index is 0.0203. The molecule has 306 valence electrons. The molecule has 5 fully saturated rings. The zero-order valence-corrected chi connectivity index (χ0v) is 33.5. The van der Waals surface area contributed by atoms with Crippen molar-refractivity contribution in [2.24, 2.45) is 11.3 Å². The van der Waals surface area contributed by atoms with E-state index in [-0.39, 0.29) is 49.0 Å². The first-order valence-corrected chi connectivity index (χ1v) is 20.6. The van der Waals surface area contributed by atoms with E-state index in [1.54, 1.807) is 4.90 Å². The Morgan fingerprint density at radius 3 is 2.29 bits per heavy atom. The molecule has 0 radical (unpaired) electrons. The normalized spacial score (nSPS) is 25.7. The van der Waals surface area contributed by atoms with Crippen molar-refractivity contribution in [3.8, 4) is 0 Å². The molecule has 4 N–H and O–H groups in total. The lowest BCUT2D eigenvalue weighted by atomic mass is 9.82. The summed E-state index contributed by atoms with van der Waals surface area (Å²) >= 11 is 0. The summed E-state index contributed by atoms with van der Waals surface area (Å²) in [5.74, 6) is -3.86. The van der Waals surface area contributed by atoms with Crippen LogP contribution in [-0.2, 0) is 28.8 Å². The summed E-state index contributed by atoms with van der Waals surface area (Å²) in [6, 6.07) is -4.71. The standard InChI is InChI=1S/C40H59N9O7/c1-6-12-26(31(50)36(54)43-25-16-17-25)44-34(52)29-21-40(48(7-2)37(55)28-15-11-20-49(28)40)23-47(29)38(56)32(39(3,4)5)46-35(53)30(24-13-9-8-10-14-24)45-33(51)27-22-41-18-19-42-27/h18-19,22,24-26,28-30,32H,6-17,20-21,23H2,1-5H3,(H,43,54)(H,44,52)(H,45,51)(H,46,53)/t26?,28-,29-,30-,32?,40?/m0/s1. The van der Waals surface area contributed by atoms with Gasteiger partial charge in [0.05, 0.1) is 24.8 Å². The lowest BCUT2D eigenvalue weighted by Gasteiger charge is -2.40. The average molecular weight is 778 g/mol. The highest BCUT2D eigenvalue weighted by molar-refractivity contribution is 6.38. The summed E-state index contributed by atoms with van der Waals surface area (Å²) in [5.41, 5.74) is -1.76. The predicted octanol–water partition coefficient (Wildman–Crippen LogP) is 1.44. The highest BCUT2D eigenvalue weighted by Gasteiger charge is 2.64. The van der Waals surface area contributed by atoms with Gasteiger partial charge in [0.2, 0.25) is 29.4 Å². The van der Waals surface area contributed by atoms with Crippen molar-refractivity contribution in [2.45, 2.75) is 154 Å². The molecule has 2 saturated carbocycles. The molecule has 3 aliphatic heterocycles. The maximum Gasteiger partial charge on any atom is 0.289 e. The van der Waals surface area contributed by atoms with Crippen LogP contribution in [0.1, 0.15) is 122 Å². The van der Waals surface area contributed by atoms with Crippen LogP contribution in [0.5, 0.6) is 0 Å². The first kappa shape index (κ1) is 41.2. The Labute approximate surface area is 329 Å². The fourth-order valence-corrected chi connectivity index (χ4v) is 9.26. The molecule has 6 amide bonds. The Morgan fingerprint density at radius 1 is 0.929 bits per heavy atom. The summed E-state index contributed by atoms with van der Waals surface area (Å²) in [6.45, 7) is 10.2. The van der Waals surface area contributed by atoms with Crippen molar-refractivity contribution < 1.29 is 33.6 Å². The van der Waals surface area contributed by atoms with Gasteiger partial charge in [-0.2, -0.15) is 0 Å². The molecule has 3 saturated heterocycles. The van der Waals surface area contributed by atoms with Crippen LogP contribution in [0.2, 0.25) is 0 Å². The largest absolute Gasteiger partial charge is 0.347 e. The fraction of sp³-hybridized carbons (Fsp3) is 0.725. The average Bonchev–Trinajstić information content (AvgIpc) is 3.60. The van der Waals surface area contributed by atoms with E-state index in [4.69, 9.17) is 0 Å². The Hall–Kier alpha value is -4.47. The van der Waals surface area contributed by atoms with Crippen LogP contribution in [0.15, 0.2) is 18.6 Å². The molecule has 0 bridgehead atoms. The van der Waals surface area contributed by atoms with E-state index in [2.05, 4.69) is 36.1 Å². The number of rotatable bonds is 14. The van der Waals surface area contributed by atoms with E-state index < -0.39 is 70.6 Å². The van der Waals surface area contributed by atoms with Crippen LogP contribution in [0.3, 0.4) is 0 Å². The minimum atomic E-state index is -1.14. The number of likely N-dealkylation sites (N-methyl/N-ethyl adjacent to an activating group) is 1. The second-order valence-electron chi connectivity index (χ2n) is 17.3. The highest BCUT2D eigenvalue weighted by Crippen LogP contribution is 2.46. The van der Waals surface area contributed by atoms with E-state index in [1.807, 2.05) is 34.6 Å². The van der Waals surface area contributed by atoms with Gasteiger partial charge < -0.3 is 31.1 Å². The molecule has 3 unspecified atom stereocenters. The third-order valence-electron chi connectivity index (χ3n) is 12.3. The van der Waals surface area contributed by atoms with Crippen molar-refractivity contribution in [3.63, 3.8) is 0 Å². The summed E-state index contributed by atoms with van der Waals surface area (Å²) in [5, 5.41) is 11.5. The van der Waals surface area contributed by atoms with Gasteiger partial charge in [0.15, 0.2) is 0 Å². The van der Waals surface area contributed by atoms with E-state index in [0.717, 1.165) is 51.4 Å². The van der Waals surface area contributed by atoms with Crippen molar-refractivity contribution >= 4 is 41.2 Å². The molecule has 0 aromatic carbocycles. The number of nitrogens with zero attached hydrogens (tertiary/aromatic N) is 5. The van der Waals surface area contributed by atoms with E-state index in [0.29, 0.717) is 25.9 Å². The number of Topliss-reactive ketones (excluding diaryl/α,β-unsaturated/α-hetero) is 1. The second-order valence-corrected chi connectivity index (χ2v) is 17.3. The molecule has 56 heavy (non-hydrogen) atoms. The number of likely N-dealkylation sites (tertiary alicyclic amines) is 1. The van der Waals surface area contributed by atoms with Crippen LogP contribution in [0, 0.1) is 11.3 Å². The number of ketones is 1. The number of hydrogen-bond acceptors (Lipinski definition) is 10. The Balaban J connectivity index is 1.31. The lowest BCUT2D eigenvalue weighted by Crippen LogP contribution is -2.62. The lowest BCUT2D eigenvalue weighted by molar-refractivity contribution is -0.145. The van der Waals surface area contributed by atoms with Gasteiger partial charge in [0, 0.05) is 37.9 Å². The molecule has 5 aliphatic rings. The third-order valence-corrected chi connectivity index (χ3v) is 12.3.